The SMILES string of the molecule is CC(C)(C#N)CCOc1ccc(I)cc1. The summed E-state index contributed by atoms with van der Waals surface area (Å²) in [7, 11) is 0. The minimum Gasteiger partial charge on any atom is -0.494 e. The number of ether oxygens (including phenoxy) is 1. The molecule has 0 aromatic heterocycles. The minimum atomic E-state index is -0.302. The van der Waals surface area contributed by atoms with E-state index in [1.54, 1.807) is 0 Å². The zero-order valence-corrected chi connectivity index (χ0v) is 11.1. The first-order valence-electron chi connectivity index (χ1n) is 4.83. The average Bonchev–Trinajstić information content (AvgIpc) is 2.21. The van der Waals surface area contributed by atoms with Crippen LogP contribution in [0.25, 0.3) is 0 Å². The maximum absolute atomic E-state index is 8.82. The first-order chi connectivity index (χ1) is 7.03. The van der Waals surface area contributed by atoms with Crippen LogP contribution in [0.4, 0.5) is 0 Å². The average molecular weight is 315 g/mol. The van der Waals surface area contributed by atoms with Gasteiger partial charge >= 0.3 is 0 Å². The molecule has 0 radical (unpaired) electrons. The zero-order chi connectivity index (χ0) is 11.3. The van der Waals surface area contributed by atoms with E-state index in [0.717, 1.165) is 12.2 Å². The number of halogens is 1. The molecule has 1 aromatic carbocycles. The van der Waals surface area contributed by atoms with E-state index in [2.05, 4.69) is 28.7 Å². The van der Waals surface area contributed by atoms with Crippen molar-refractivity contribution in [3.8, 4) is 11.8 Å². The fourth-order valence-corrected chi connectivity index (χ4v) is 1.37. The lowest BCUT2D eigenvalue weighted by molar-refractivity contribution is 0.264. The summed E-state index contributed by atoms with van der Waals surface area (Å²) in [4.78, 5) is 0. The lowest BCUT2D eigenvalue weighted by atomic mass is 9.92. The van der Waals surface area contributed by atoms with Gasteiger partial charge in [-0.2, -0.15) is 5.26 Å². The van der Waals surface area contributed by atoms with Gasteiger partial charge in [-0.1, -0.05) is 0 Å². The first kappa shape index (κ1) is 12.3. The van der Waals surface area contributed by atoms with Gasteiger partial charge in [0.05, 0.1) is 18.1 Å². The van der Waals surface area contributed by atoms with Crippen molar-refractivity contribution in [3.63, 3.8) is 0 Å². The smallest absolute Gasteiger partial charge is 0.119 e. The third-order valence-electron chi connectivity index (χ3n) is 2.11. The molecule has 80 valence electrons. The van der Waals surface area contributed by atoms with Gasteiger partial charge in [0.15, 0.2) is 0 Å². The molecule has 0 fully saturated rings. The molecule has 0 saturated carbocycles. The van der Waals surface area contributed by atoms with Crippen LogP contribution in [0.3, 0.4) is 0 Å². The molecule has 0 aliphatic heterocycles. The lowest BCUT2D eigenvalue weighted by Crippen LogP contribution is -2.13. The Labute approximate surface area is 104 Å². The van der Waals surface area contributed by atoms with E-state index in [1.807, 2.05) is 38.1 Å². The van der Waals surface area contributed by atoms with Crippen molar-refractivity contribution in [2.45, 2.75) is 20.3 Å². The van der Waals surface area contributed by atoms with Crippen molar-refractivity contribution in [2.24, 2.45) is 5.41 Å². The second kappa shape index (κ2) is 5.36. The van der Waals surface area contributed by atoms with Gasteiger partial charge in [-0.05, 0) is 67.1 Å². The van der Waals surface area contributed by atoms with Crippen molar-refractivity contribution in [1.82, 2.24) is 0 Å². The van der Waals surface area contributed by atoms with E-state index in [1.165, 1.54) is 3.57 Å². The van der Waals surface area contributed by atoms with Crippen LogP contribution < -0.4 is 4.74 Å². The lowest BCUT2D eigenvalue weighted by Gasteiger charge is -2.15. The molecule has 0 saturated heterocycles. The second-order valence-electron chi connectivity index (χ2n) is 4.05. The predicted molar refractivity (Wildman–Crippen MR) is 68.7 cm³/mol. The van der Waals surface area contributed by atoms with Gasteiger partial charge in [-0.25, -0.2) is 0 Å². The van der Waals surface area contributed by atoms with Gasteiger partial charge in [-0.15, -0.1) is 0 Å². The van der Waals surface area contributed by atoms with Crippen LogP contribution in [0.2, 0.25) is 0 Å². The summed E-state index contributed by atoms with van der Waals surface area (Å²) in [6.07, 6.45) is 0.746. The summed E-state index contributed by atoms with van der Waals surface area (Å²) in [5.74, 6) is 0.865. The summed E-state index contributed by atoms with van der Waals surface area (Å²) >= 11 is 2.25. The summed E-state index contributed by atoms with van der Waals surface area (Å²) in [6.45, 7) is 4.43. The highest BCUT2D eigenvalue weighted by atomic mass is 127. The minimum absolute atomic E-state index is 0.302. The van der Waals surface area contributed by atoms with Crippen molar-refractivity contribution < 1.29 is 4.74 Å². The number of hydrogen-bond donors (Lipinski definition) is 0. The monoisotopic (exact) mass is 315 g/mol. The Morgan fingerprint density at radius 3 is 2.47 bits per heavy atom. The number of rotatable bonds is 4. The maximum atomic E-state index is 8.82. The van der Waals surface area contributed by atoms with Gasteiger partial charge in [-0.3, -0.25) is 0 Å². The van der Waals surface area contributed by atoms with Crippen molar-refractivity contribution in [1.29, 1.82) is 5.26 Å². The molecule has 2 nitrogen and oxygen atoms in total. The molecule has 3 heteroatoms. The summed E-state index contributed by atoms with van der Waals surface area (Å²) in [5, 5.41) is 8.82. The molecule has 0 amide bonds. The van der Waals surface area contributed by atoms with Gasteiger partial charge in [0.1, 0.15) is 5.75 Å². The number of nitriles is 1. The maximum Gasteiger partial charge on any atom is 0.119 e. The molecule has 0 atom stereocenters. The highest BCUT2D eigenvalue weighted by molar-refractivity contribution is 14.1. The Bertz CT molecular complexity index is 351. The van der Waals surface area contributed by atoms with Crippen LogP contribution in [0.5, 0.6) is 5.75 Å². The van der Waals surface area contributed by atoms with Gasteiger partial charge in [0.25, 0.3) is 0 Å². The quantitative estimate of drug-likeness (QED) is 0.795. The Kier molecular flexibility index (Phi) is 4.40. The second-order valence-corrected chi connectivity index (χ2v) is 5.29. The van der Waals surface area contributed by atoms with E-state index in [0.29, 0.717) is 6.61 Å². The van der Waals surface area contributed by atoms with Crippen LogP contribution in [0.1, 0.15) is 20.3 Å². The molecule has 0 unspecified atom stereocenters. The largest absolute Gasteiger partial charge is 0.494 e. The fourth-order valence-electron chi connectivity index (χ4n) is 1.01. The molecular weight excluding hydrogens is 301 g/mol. The third kappa shape index (κ3) is 4.52. The Balaban J connectivity index is 2.39. The summed E-state index contributed by atoms with van der Waals surface area (Å²) in [6, 6.07) is 10.2. The molecule has 0 N–H and O–H groups in total. The standard InChI is InChI=1S/C12H14INO/c1-12(2,9-14)7-8-15-11-5-3-10(13)4-6-11/h3-6H,7-8H2,1-2H3. The highest BCUT2D eigenvalue weighted by Crippen LogP contribution is 2.20. The summed E-state index contributed by atoms with van der Waals surface area (Å²) in [5.41, 5.74) is -0.302. The van der Waals surface area contributed by atoms with Gasteiger partial charge < -0.3 is 4.74 Å². The van der Waals surface area contributed by atoms with Crippen molar-refractivity contribution in [2.75, 3.05) is 6.61 Å². The van der Waals surface area contributed by atoms with Crippen LogP contribution in [-0.4, -0.2) is 6.61 Å². The molecule has 0 aliphatic carbocycles. The fraction of sp³-hybridized carbons (Fsp3) is 0.417. The zero-order valence-electron chi connectivity index (χ0n) is 8.96. The summed E-state index contributed by atoms with van der Waals surface area (Å²) < 4.78 is 6.74. The predicted octanol–water partition coefficient (Wildman–Crippen LogP) is 3.61. The van der Waals surface area contributed by atoms with Crippen LogP contribution in [-0.2, 0) is 0 Å². The number of hydrogen-bond acceptors (Lipinski definition) is 2. The normalized spacial score (nSPS) is 10.8. The molecule has 1 rings (SSSR count). The molecule has 0 aliphatic rings. The Hall–Kier alpha value is -0.760. The van der Waals surface area contributed by atoms with Gasteiger partial charge in [0, 0.05) is 3.57 Å². The third-order valence-corrected chi connectivity index (χ3v) is 2.83. The van der Waals surface area contributed by atoms with E-state index < -0.39 is 0 Å². The molecule has 1 aromatic rings. The van der Waals surface area contributed by atoms with E-state index in [4.69, 9.17) is 10.00 Å². The van der Waals surface area contributed by atoms with E-state index in [-0.39, 0.29) is 5.41 Å². The van der Waals surface area contributed by atoms with Crippen LogP contribution in [0, 0.1) is 20.3 Å². The first-order valence-corrected chi connectivity index (χ1v) is 5.91. The van der Waals surface area contributed by atoms with Crippen LogP contribution >= 0.6 is 22.6 Å². The molecule has 0 bridgehead atoms. The molecular formula is C12H14INO. The van der Waals surface area contributed by atoms with Crippen molar-refractivity contribution >= 4 is 22.6 Å². The highest BCUT2D eigenvalue weighted by Gasteiger charge is 2.16. The van der Waals surface area contributed by atoms with E-state index in [9.17, 15) is 0 Å². The van der Waals surface area contributed by atoms with Crippen molar-refractivity contribution in [3.05, 3.63) is 27.8 Å². The van der Waals surface area contributed by atoms with E-state index >= 15 is 0 Å². The number of nitrogens with zero attached hydrogens (tertiary/aromatic N) is 1. The number of benzene rings is 1. The van der Waals surface area contributed by atoms with Crippen LogP contribution in [0.15, 0.2) is 24.3 Å². The Morgan fingerprint density at radius 1 is 1.33 bits per heavy atom. The van der Waals surface area contributed by atoms with Gasteiger partial charge in [0.2, 0.25) is 0 Å². The topological polar surface area (TPSA) is 33.0 Å². The molecule has 15 heavy (non-hydrogen) atoms. The Morgan fingerprint density at radius 2 is 1.93 bits per heavy atom. The molecule has 0 spiro atoms. The molecule has 0 heterocycles.